The summed E-state index contributed by atoms with van der Waals surface area (Å²) in [6.07, 6.45) is 1.50. The highest BCUT2D eigenvalue weighted by Gasteiger charge is 2.29. The largest absolute Gasteiger partial charge is 0.379 e. The van der Waals surface area contributed by atoms with E-state index in [1.807, 2.05) is 13.8 Å². The zero-order valence-corrected chi connectivity index (χ0v) is 14.8. The summed E-state index contributed by atoms with van der Waals surface area (Å²) in [7, 11) is 0. The summed E-state index contributed by atoms with van der Waals surface area (Å²) in [6.45, 7) is 8.84. The number of nitrogens with one attached hydrogen (secondary N) is 2. The number of aromatic nitrogens is 2. The van der Waals surface area contributed by atoms with Gasteiger partial charge in [-0.05, 0) is 38.7 Å². The molecule has 1 amide bonds. The molecule has 0 bridgehead atoms. The maximum absolute atomic E-state index is 12.3. The van der Waals surface area contributed by atoms with Gasteiger partial charge in [0.1, 0.15) is 5.69 Å². The van der Waals surface area contributed by atoms with Crippen molar-refractivity contribution in [2.75, 3.05) is 13.2 Å². The number of amides is 1. The maximum atomic E-state index is 12.3. The molecular weight excluding hydrogens is 308 g/mol. The average molecular weight is 334 g/mol. The van der Waals surface area contributed by atoms with Crippen LogP contribution in [0.4, 0.5) is 0 Å². The van der Waals surface area contributed by atoms with Gasteiger partial charge in [0, 0.05) is 18.8 Å². The van der Waals surface area contributed by atoms with Gasteiger partial charge in [-0.25, -0.2) is 0 Å². The average Bonchev–Trinajstić information content (AvgIpc) is 2.94. The topological polar surface area (TPSA) is 108 Å². The molecule has 0 aliphatic rings. The van der Waals surface area contributed by atoms with Gasteiger partial charge in [-0.1, -0.05) is 13.8 Å². The SMILES string of the molecule is CC(C)Cc1cc(C(=O)C(C#N)C(=O)NCCCOC(C)C)n[nH]1. The number of H-pyrrole nitrogens is 1. The van der Waals surface area contributed by atoms with E-state index in [9.17, 15) is 9.59 Å². The Balaban J connectivity index is 2.55. The first-order valence-corrected chi connectivity index (χ1v) is 8.22. The number of hydrogen-bond acceptors (Lipinski definition) is 5. The molecule has 1 rings (SSSR count). The van der Waals surface area contributed by atoms with Crippen LogP contribution in [-0.2, 0) is 16.0 Å². The Bertz CT molecular complexity index is 587. The van der Waals surface area contributed by atoms with Crippen LogP contribution in [0.2, 0.25) is 0 Å². The van der Waals surface area contributed by atoms with E-state index in [0.29, 0.717) is 25.5 Å². The minimum Gasteiger partial charge on any atom is -0.379 e. The van der Waals surface area contributed by atoms with E-state index in [1.54, 1.807) is 12.1 Å². The fraction of sp³-hybridized carbons (Fsp3) is 0.647. The summed E-state index contributed by atoms with van der Waals surface area (Å²) >= 11 is 0. The zero-order valence-electron chi connectivity index (χ0n) is 14.8. The summed E-state index contributed by atoms with van der Waals surface area (Å²) in [5.74, 6) is -2.15. The summed E-state index contributed by atoms with van der Waals surface area (Å²) in [5.41, 5.74) is 0.937. The van der Waals surface area contributed by atoms with Crippen LogP contribution in [0.5, 0.6) is 0 Å². The fourth-order valence-corrected chi connectivity index (χ4v) is 2.12. The van der Waals surface area contributed by atoms with E-state index >= 15 is 0 Å². The second-order valence-corrected chi connectivity index (χ2v) is 6.37. The minimum absolute atomic E-state index is 0.121. The highest BCUT2D eigenvalue weighted by molar-refractivity contribution is 6.11. The Labute approximate surface area is 142 Å². The number of aromatic amines is 1. The van der Waals surface area contributed by atoms with Crippen LogP contribution < -0.4 is 5.32 Å². The van der Waals surface area contributed by atoms with Crippen LogP contribution in [-0.4, -0.2) is 41.1 Å². The van der Waals surface area contributed by atoms with Crippen molar-refractivity contribution >= 4 is 11.7 Å². The smallest absolute Gasteiger partial charge is 0.245 e. The van der Waals surface area contributed by atoms with E-state index in [0.717, 1.165) is 12.1 Å². The lowest BCUT2D eigenvalue weighted by atomic mass is 10.0. The van der Waals surface area contributed by atoms with Crippen molar-refractivity contribution in [2.45, 2.75) is 46.6 Å². The lowest BCUT2D eigenvalue weighted by molar-refractivity contribution is -0.122. The van der Waals surface area contributed by atoms with Gasteiger partial charge in [-0.15, -0.1) is 0 Å². The number of Topliss-reactive ketones (excluding diaryl/α,β-unsaturated/α-hetero) is 1. The Morgan fingerprint density at radius 1 is 1.38 bits per heavy atom. The number of carbonyl (C=O) groups is 2. The van der Waals surface area contributed by atoms with Gasteiger partial charge in [-0.2, -0.15) is 10.4 Å². The van der Waals surface area contributed by atoms with Crippen LogP contribution in [0.3, 0.4) is 0 Å². The van der Waals surface area contributed by atoms with E-state index < -0.39 is 17.6 Å². The molecule has 1 unspecified atom stereocenters. The van der Waals surface area contributed by atoms with Gasteiger partial charge < -0.3 is 10.1 Å². The fourth-order valence-electron chi connectivity index (χ4n) is 2.12. The molecule has 1 aromatic rings. The quantitative estimate of drug-likeness (QED) is 0.386. The first-order valence-electron chi connectivity index (χ1n) is 8.22. The maximum Gasteiger partial charge on any atom is 0.245 e. The lowest BCUT2D eigenvalue weighted by Gasteiger charge is -2.10. The molecule has 0 saturated heterocycles. The number of nitrogens with zero attached hydrogens (tertiary/aromatic N) is 2. The monoisotopic (exact) mass is 334 g/mol. The van der Waals surface area contributed by atoms with Crippen molar-refractivity contribution in [2.24, 2.45) is 11.8 Å². The number of nitriles is 1. The van der Waals surface area contributed by atoms with Crippen molar-refractivity contribution in [1.82, 2.24) is 15.5 Å². The van der Waals surface area contributed by atoms with Crippen molar-refractivity contribution in [3.63, 3.8) is 0 Å². The minimum atomic E-state index is -1.38. The molecule has 0 aliphatic carbocycles. The predicted molar refractivity (Wildman–Crippen MR) is 89.3 cm³/mol. The Hall–Kier alpha value is -2.20. The molecule has 24 heavy (non-hydrogen) atoms. The highest BCUT2D eigenvalue weighted by atomic mass is 16.5. The highest BCUT2D eigenvalue weighted by Crippen LogP contribution is 2.11. The second-order valence-electron chi connectivity index (χ2n) is 6.37. The molecule has 0 fully saturated rings. The molecule has 7 nitrogen and oxygen atoms in total. The molecule has 0 aliphatic heterocycles. The van der Waals surface area contributed by atoms with Crippen molar-refractivity contribution < 1.29 is 14.3 Å². The van der Waals surface area contributed by atoms with Crippen LogP contribution in [0.15, 0.2) is 6.07 Å². The van der Waals surface area contributed by atoms with Gasteiger partial charge in [0.25, 0.3) is 0 Å². The molecule has 1 atom stereocenters. The van der Waals surface area contributed by atoms with Crippen LogP contribution >= 0.6 is 0 Å². The molecule has 0 aromatic carbocycles. The second kappa shape index (κ2) is 9.83. The summed E-state index contributed by atoms with van der Waals surface area (Å²) in [6, 6.07) is 3.37. The van der Waals surface area contributed by atoms with Crippen LogP contribution in [0.25, 0.3) is 0 Å². The third-order valence-electron chi connectivity index (χ3n) is 3.24. The zero-order chi connectivity index (χ0) is 18.1. The van der Waals surface area contributed by atoms with Gasteiger partial charge in [-0.3, -0.25) is 14.7 Å². The Kier molecular flexibility index (Phi) is 8.13. The van der Waals surface area contributed by atoms with E-state index in [4.69, 9.17) is 10.00 Å². The Morgan fingerprint density at radius 3 is 2.67 bits per heavy atom. The third-order valence-corrected chi connectivity index (χ3v) is 3.24. The molecular formula is C17H26N4O3. The van der Waals surface area contributed by atoms with Gasteiger partial charge in [0.05, 0.1) is 12.2 Å². The first kappa shape index (κ1) is 19.8. The van der Waals surface area contributed by atoms with E-state index in [-0.39, 0.29) is 11.8 Å². The summed E-state index contributed by atoms with van der Waals surface area (Å²) < 4.78 is 5.36. The number of carbonyl (C=O) groups excluding carboxylic acids is 2. The molecule has 1 aromatic heterocycles. The number of hydrogen-bond donors (Lipinski definition) is 2. The Morgan fingerprint density at radius 2 is 2.08 bits per heavy atom. The normalized spacial score (nSPS) is 12.2. The van der Waals surface area contributed by atoms with Crippen molar-refractivity contribution in [3.05, 3.63) is 17.5 Å². The standard InChI is InChI=1S/C17H26N4O3/c1-11(2)8-13-9-15(21-20-13)16(22)14(10-18)17(23)19-6-5-7-24-12(3)4/h9,11-12,14H,5-8H2,1-4H3,(H,19,23)(H,20,21). The van der Waals surface area contributed by atoms with Gasteiger partial charge in [0.2, 0.25) is 11.7 Å². The van der Waals surface area contributed by atoms with Crippen LogP contribution in [0.1, 0.15) is 50.3 Å². The molecule has 0 saturated carbocycles. The number of rotatable bonds is 10. The van der Waals surface area contributed by atoms with Crippen molar-refractivity contribution in [1.29, 1.82) is 5.26 Å². The van der Waals surface area contributed by atoms with E-state index in [2.05, 4.69) is 29.4 Å². The third kappa shape index (κ3) is 6.50. The molecule has 132 valence electrons. The lowest BCUT2D eigenvalue weighted by Crippen LogP contribution is -2.35. The predicted octanol–water partition coefficient (Wildman–Crippen LogP) is 1.86. The molecule has 2 N–H and O–H groups in total. The van der Waals surface area contributed by atoms with E-state index in [1.165, 1.54) is 0 Å². The number of ketones is 1. The first-order chi connectivity index (χ1) is 11.3. The van der Waals surface area contributed by atoms with Gasteiger partial charge >= 0.3 is 0 Å². The summed E-state index contributed by atoms with van der Waals surface area (Å²) in [4.78, 5) is 24.3. The molecule has 1 heterocycles. The molecule has 7 heteroatoms. The van der Waals surface area contributed by atoms with Crippen LogP contribution in [0, 0.1) is 23.2 Å². The number of ether oxygens (including phenoxy) is 1. The summed E-state index contributed by atoms with van der Waals surface area (Å²) in [5, 5.41) is 18.5. The molecule has 0 spiro atoms. The van der Waals surface area contributed by atoms with Crippen molar-refractivity contribution in [3.8, 4) is 6.07 Å². The molecule has 0 radical (unpaired) electrons. The van der Waals surface area contributed by atoms with Gasteiger partial charge in [0.15, 0.2) is 5.92 Å².